The van der Waals surface area contributed by atoms with Crippen molar-refractivity contribution < 1.29 is 0 Å². The highest BCUT2D eigenvalue weighted by atomic mass is 15.1. The smallest absolute Gasteiger partial charge is 0.0271 e. The standard InChI is InChI=1S/C14H25N3/c1-13(5-8-15)4-3-11-17(2)12-14-6-9-16-10-7-14/h6-7,9-10,13H,3-5,8,11-12,15H2,1-2H3. The Kier molecular flexibility index (Phi) is 6.82. The number of nitrogens with two attached hydrogens (primary N) is 1. The van der Waals surface area contributed by atoms with Crippen LogP contribution in [-0.2, 0) is 6.54 Å². The van der Waals surface area contributed by atoms with E-state index in [4.69, 9.17) is 5.73 Å². The molecule has 3 nitrogen and oxygen atoms in total. The maximum atomic E-state index is 5.55. The quantitative estimate of drug-likeness (QED) is 0.751. The lowest BCUT2D eigenvalue weighted by Gasteiger charge is -2.17. The van der Waals surface area contributed by atoms with Gasteiger partial charge in [-0.05, 0) is 63.0 Å². The molecule has 1 atom stereocenters. The van der Waals surface area contributed by atoms with E-state index in [1.165, 1.54) is 18.4 Å². The van der Waals surface area contributed by atoms with Crippen LogP contribution in [-0.4, -0.2) is 30.0 Å². The molecule has 0 fully saturated rings. The molecule has 2 N–H and O–H groups in total. The lowest BCUT2D eigenvalue weighted by Crippen LogP contribution is -2.19. The number of hydrogen-bond donors (Lipinski definition) is 1. The highest BCUT2D eigenvalue weighted by Crippen LogP contribution is 2.10. The number of hydrogen-bond acceptors (Lipinski definition) is 3. The first-order valence-electron chi connectivity index (χ1n) is 6.50. The third kappa shape index (κ3) is 6.39. The largest absolute Gasteiger partial charge is 0.330 e. The van der Waals surface area contributed by atoms with Crippen molar-refractivity contribution in [2.75, 3.05) is 20.1 Å². The minimum absolute atomic E-state index is 0.759. The van der Waals surface area contributed by atoms with E-state index in [0.717, 1.165) is 32.0 Å². The Morgan fingerprint density at radius 3 is 2.65 bits per heavy atom. The van der Waals surface area contributed by atoms with Crippen LogP contribution in [0.25, 0.3) is 0 Å². The monoisotopic (exact) mass is 235 g/mol. The molecule has 0 aliphatic carbocycles. The first kappa shape index (κ1) is 14.1. The van der Waals surface area contributed by atoms with Crippen molar-refractivity contribution >= 4 is 0 Å². The van der Waals surface area contributed by atoms with Gasteiger partial charge >= 0.3 is 0 Å². The summed E-state index contributed by atoms with van der Waals surface area (Å²) in [7, 11) is 2.17. The zero-order chi connectivity index (χ0) is 12.5. The molecule has 0 spiro atoms. The number of rotatable bonds is 8. The van der Waals surface area contributed by atoms with Crippen LogP contribution in [0.2, 0.25) is 0 Å². The van der Waals surface area contributed by atoms with Gasteiger partial charge in [-0.2, -0.15) is 0 Å². The van der Waals surface area contributed by atoms with Crippen molar-refractivity contribution in [3.05, 3.63) is 30.1 Å². The van der Waals surface area contributed by atoms with Gasteiger partial charge in [0, 0.05) is 18.9 Å². The van der Waals surface area contributed by atoms with Crippen molar-refractivity contribution in [2.45, 2.75) is 32.7 Å². The second kappa shape index (κ2) is 8.20. The fraction of sp³-hybridized carbons (Fsp3) is 0.643. The molecule has 3 heteroatoms. The molecule has 17 heavy (non-hydrogen) atoms. The molecule has 0 radical (unpaired) electrons. The lowest BCUT2D eigenvalue weighted by molar-refractivity contribution is 0.306. The number of pyridine rings is 1. The Bertz CT molecular complexity index is 287. The Morgan fingerprint density at radius 1 is 1.29 bits per heavy atom. The van der Waals surface area contributed by atoms with Gasteiger partial charge in [0.15, 0.2) is 0 Å². The number of aromatic nitrogens is 1. The minimum atomic E-state index is 0.759. The van der Waals surface area contributed by atoms with Gasteiger partial charge in [0.2, 0.25) is 0 Å². The highest BCUT2D eigenvalue weighted by Gasteiger charge is 2.03. The van der Waals surface area contributed by atoms with Gasteiger partial charge in [-0.25, -0.2) is 0 Å². The summed E-state index contributed by atoms with van der Waals surface area (Å²) in [5, 5.41) is 0. The zero-order valence-electron chi connectivity index (χ0n) is 11.1. The van der Waals surface area contributed by atoms with E-state index in [9.17, 15) is 0 Å². The van der Waals surface area contributed by atoms with Gasteiger partial charge in [-0.3, -0.25) is 4.98 Å². The SMILES string of the molecule is CC(CCN)CCCN(C)Cc1ccncc1. The van der Waals surface area contributed by atoms with Crippen molar-refractivity contribution in [1.29, 1.82) is 0 Å². The van der Waals surface area contributed by atoms with Gasteiger partial charge in [-0.15, -0.1) is 0 Å². The van der Waals surface area contributed by atoms with Gasteiger partial charge in [0.25, 0.3) is 0 Å². The van der Waals surface area contributed by atoms with Crippen molar-refractivity contribution in [3.8, 4) is 0 Å². The van der Waals surface area contributed by atoms with Gasteiger partial charge < -0.3 is 10.6 Å². The van der Waals surface area contributed by atoms with Crippen LogP contribution in [0.1, 0.15) is 31.7 Å². The summed E-state index contributed by atoms with van der Waals surface area (Å²) in [6, 6.07) is 4.15. The molecule has 0 bridgehead atoms. The Balaban J connectivity index is 2.15. The topological polar surface area (TPSA) is 42.1 Å². The summed E-state index contributed by atoms with van der Waals surface area (Å²) in [4.78, 5) is 6.39. The first-order chi connectivity index (χ1) is 8.22. The van der Waals surface area contributed by atoms with E-state index in [-0.39, 0.29) is 0 Å². The van der Waals surface area contributed by atoms with Gasteiger partial charge in [0.05, 0.1) is 0 Å². The molecule has 0 amide bonds. The van der Waals surface area contributed by atoms with Gasteiger partial charge in [-0.1, -0.05) is 6.92 Å². The van der Waals surface area contributed by atoms with Gasteiger partial charge in [0.1, 0.15) is 0 Å². The second-order valence-electron chi connectivity index (χ2n) is 4.92. The summed E-state index contributed by atoms with van der Waals surface area (Å²) >= 11 is 0. The average molecular weight is 235 g/mol. The van der Waals surface area contributed by atoms with E-state index in [0.29, 0.717) is 0 Å². The summed E-state index contributed by atoms with van der Waals surface area (Å²) < 4.78 is 0. The van der Waals surface area contributed by atoms with Crippen molar-refractivity contribution in [1.82, 2.24) is 9.88 Å². The van der Waals surface area contributed by atoms with E-state index in [2.05, 4.69) is 36.0 Å². The molecule has 0 aliphatic heterocycles. The molecule has 1 heterocycles. The van der Waals surface area contributed by atoms with E-state index < -0.39 is 0 Å². The third-order valence-corrected chi connectivity index (χ3v) is 3.10. The minimum Gasteiger partial charge on any atom is -0.330 e. The van der Waals surface area contributed by atoms with Crippen LogP contribution in [0, 0.1) is 5.92 Å². The maximum Gasteiger partial charge on any atom is 0.0271 e. The maximum absolute atomic E-state index is 5.55. The number of nitrogens with zero attached hydrogens (tertiary/aromatic N) is 2. The molecule has 1 rings (SSSR count). The molecule has 1 aromatic rings. The van der Waals surface area contributed by atoms with Crippen molar-refractivity contribution in [2.24, 2.45) is 11.7 Å². The van der Waals surface area contributed by atoms with Crippen LogP contribution < -0.4 is 5.73 Å². The fourth-order valence-electron chi connectivity index (χ4n) is 2.02. The summed E-state index contributed by atoms with van der Waals surface area (Å²) in [6.45, 7) is 5.26. The van der Waals surface area contributed by atoms with Crippen LogP contribution in [0.4, 0.5) is 0 Å². The summed E-state index contributed by atoms with van der Waals surface area (Å²) in [6.07, 6.45) is 7.38. The van der Waals surface area contributed by atoms with Crippen LogP contribution in [0.15, 0.2) is 24.5 Å². The van der Waals surface area contributed by atoms with Crippen molar-refractivity contribution in [3.63, 3.8) is 0 Å². The van der Waals surface area contributed by atoms with Crippen LogP contribution in [0.3, 0.4) is 0 Å². The predicted octanol–water partition coefficient (Wildman–Crippen LogP) is 2.28. The molecular weight excluding hydrogens is 210 g/mol. The Labute approximate surface area is 105 Å². The Morgan fingerprint density at radius 2 is 2.00 bits per heavy atom. The lowest BCUT2D eigenvalue weighted by atomic mass is 10.0. The molecule has 96 valence electrons. The molecule has 0 saturated heterocycles. The van der Waals surface area contributed by atoms with Crippen LogP contribution in [0.5, 0.6) is 0 Å². The molecule has 1 aromatic heterocycles. The molecule has 0 aromatic carbocycles. The van der Waals surface area contributed by atoms with E-state index in [1.807, 2.05) is 12.4 Å². The predicted molar refractivity (Wildman–Crippen MR) is 72.6 cm³/mol. The summed E-state index contributed by atoms with van der Waals surface area (Å²) in [5.74, 6) is 0.759. The van der Waals surface area contributed by atoms with E-state index >= 15 is 0 Å². The molecular formula is C14H25N3. The molecule has 0 saturated carbocycles. The van der Waals surface area contributed by atoms with E-state index in [1.54, 1.807) is 0 Å². The summed E-state index contributed by atoms with van der Waals surface area (Å²) in [5.41, 5.74) is 6.88. The fourth-order valence-corrected chi connectivity index (χ4v) is 2.02. The Hall–Kier alpha value is -0.930. The third-order valence-electron chi connectivity index (χ3n) is 3.10. The average Bonchev–Trinajstić information content (AvgIpc) is 2.30. The molecule has 1 unspecified atom stereocenters. The zero-order valence-corrected chi connectivity index (χ0v) is 11.1. The van der Waals surface area contributed by atoms with Crippen LogP contribution >= 0.6 is 0 Å². The second-order valence-corrected chi connectivity index (χ2v) is 4.92. The molecule has 0 aliphatic rings. The normalized spacial score (nSPS) is 12.9. The highest BCUT2D eigenvalue weighted by molar-refractivity contribution is 5.09. The first-order valence-corrected chi connectivity index (χ1v) is 6.50.